The van der Waals surface area contributed by atoms with Crippen LogP contribution >= 0.6 is 0 Å². The summed E-state index contributed by atoms with van der Waals surface area (Å²) in [5, 5.41) is 3.49. The van der Waals surface area contributed by atoms with Gasteiger partial charge in [0, 0.05) is 0 Å². The van der Waals surface area contributed by atoms with Crippen LogP contribution in [-0.4, -0.2) is 20.2 Å². The van der Waals surface area contributed by atoms with Gasteiger partial charge in [0.2, 0.25) is 0 Å². The third kappa shape index (κ3) is 5.23. The molecule has 1 N–H and O–H groups in total. The van der Waals surface area contributed by atoms with Gasteiger partial charge in [0.05, 0.1) is 7.11 Å². The molecule has 0 unspecified atom stereocenters. The highest BCUT2D eigenvalue weighted by molar-refractivity contribution is 5.39. The van der Waals surface area contributed by atoms with Crippen LogP contribution in [0.4, 0.5) is 0 Å². The van der Waals surface area contributed by atoms with Crippen LogP contribution < -0.4 is 10.1 Å². The zero-order valence-corrected chi connectivity index (χ0v) is 13.2. The maximum atomic E-state index is 5.46. The largest absolute Gasteiger partial charge is 0.496 e. The lowest BCUT2D eigenvalue weighted by atomic mass is 9.85. The van der Waals surface area contributed by atoms with E-state index < -0.39 is 0 Å². The van der Waals surface area contributed by atoms with Gasteiger partial charge in [-0.3, -0.25) is 0 Å². The van der Waals surface area contributed by atoms with E-state index in [1.165, 1.54) is 24.0 Å². The number of hydrogen-bond donors (Lipinski definition) is 1. The molecule has 0 aliphatic carbocycles. The van der Waals surface area contributed by atoms with Gasteiger partial charge in [0.1, 0.15) is 5.75 Å². The van der Waals surface area contributed by atoms with Crippen molar-refractivity contribution in [3.63, 3.8) is 0 Å². The van der Waals surface area contributed by atoms with Crippen LogP contribution in [0.1, 0.15) is 51.7 Å². The van der Waals surface area contributed by atoms with E-state index in [-0.39, 0.29) is 5.41 Å². The third-order valence-corrected chi connectivity index (χ3v) is 3.42. The quantitative estimate of drug-likeness (QED) is 0.753. The van der Waals surface area contributed by atoms with Crippen molar-refractivity contribution in [1.82, 2.24) is 5.32 Å². The molecule has 0 atom stereocenters. The minimum Gasteiger partial charge on any atom is -0.496 e. The van der Waals surface area contributed by atoms with Crippen LogP contribution in [-0.2, 0) is 11.8 Å². The molecule has 0 aliphatic rings. The smallest absolute Gasteiger partial charge is 0.122 e. The Labute approximate surface area is 118 Å². The number of rotatable bonds is 7. The molecule has 0 saturated carbocycles. The summed E-state index contributed by atoms with van der Waals surface area (Å²) >= 11 is 0. The molecular weight excluding hydrogens is 234 g/mol. The number of nitrogens with one attached hydrogen (secondary N) is 1. The maximum absolute atomic E-state index is 5.46. The van der Waals surface area contributed by atoms with Crippen molar-refractivity contribution >= 4 is 0 Å². The van der Waals surface area contributed by atoms with Crippen molar-refractivity contribution in [2.45, 2.75) is 52.4 Å². The zero-order chi connectivity index (χ0) is 14.3. The Bertz CT molecular complexity index is 379. The predicted octanol–water partition coefficient (Wildman–Crippen LogP) is 3.92. The van der Waals surface area contributed by atoms with Gasteiger partial charge in [-0.2, -0.15) is 0 Å². The van der Waals surface area contributed by atoms with E-state index >= 15 is 0 Å². The summed E-state index contributed by atoms with van der Waals surface area (Å²) in [7, 11) is 1.75. The zero-order valence-electron chi connectivity index (χ0n) is 13.2. The third-order valence-electron chi connectivity index (χ3n) is 3.42. The van der Waals surface area contributed by atoms with Crippen molar-refractivity contribution in [2.75, 3.05) is 20.2 Å². The Morgan fingerprint density at radius 1 is 1.16 bits per heavy atom. The average Bonchev–Trinajstić information content (AvgIpc) is 2.37. The van der Waals surface area contributed by atoms with Gasteiger partial charge in [0.15, 0.2) is 0 Å². The second kappa shape index (κ2) is 7.54. The molecule has 2 heteroatoms. The van der Waals surface area contributed by atoms with Crippen molar-refractivity contribution in [1.29, 1.82) is 0 Å². The molecule has 1 aromatic carbocycles. The summed E-state index contributed by atoms with van der Waals surface area (Å²) in [6.07, 6.45) is 3.52. The van der Waals surface area contributed by atoms with E-state index in [1.54, 1.807) is 7.11 Å². The van der Waals surface area contributed by atoms with Gasteiger partial charge in [-0.05, 0) is 48.5 Å². The fraction of sp³-hybridized carbons (Fsp3) is 0.647. The average molecular weight is 263 g/mol. The molecule has 0 saturated heterocycles. The van der Waals surface area contributed by atoms with Gasteiger partial charge in [-0.15, -0.1) is 0 Å². The second-order valence-electron chi connectivity index (χ2n) is 6.13. The van der Waals surface area contributed by atoms with E-state index in [4.69, 9.17) is 4.74 Å². The normalized spacial score (nSPS) is 11.6. The summed E-state index contributed by atoms with van der Waals surface area (Å²) in [5.74, 6) is 1.00. The summed E-state index contributed by atoms with van der Waals surface area (Å²) in [6.45, 7) is 11.1. The monoisotopic (exact) mass is 263 g/mol. The number of benzene rings is 1. The molecule has 0 aliphatic heterocycles. The molecule has 0 heterocycles. The summed E-state index contributed by atoms with van der Waals surface area (Å²) in [6, 6.07) is 6.56. The molecule has 108 valence electrons. The molecular formula is C17H29NO. The first-order chi connectivity index (χ1) is 8.99. The molecule has 0 amide bonds. The van der Waals surface area contributed by atoms with E-state index in [1.807, 2.05) is 0 Å². The highest BCUT2D eigenvalue weighted by Crippen LogP contribution is 2.28. The standard InChI is InChI=1S/C17H29NO/c1-6-7-11-18-12-10-14-13-15(17(2,3)4)8-9-16(14)19-5/h8-9,13,18H,6-7,10-12H2,1-5H3. The SMILES string of the molecule is CCCCNCCc1cc(C(C)(C)C)ccc1OC. The Hall–Kier alpha value is -1.02. The molecule has 2 nitrogen and oxygen atoms in total. The van der Waals surface area contributed by atoms with Crippen LogP contribution in [0, 0.1) is 0 Å². The fourth-order valence-corrected chi connectivity index (χ4v) is 2.09. The van der Waals surface area contributed by atoms with E-state index in [0.29, 0.717) is 0 Å². The van der Waals surface area contributed by atoms with E-state index in [0.717, 1.165) is 25.3 Å². The van der Waals surface area contributed by atoms with Crippen molar-refractivity contribution in [2.24, 2.45) is 0 Å². The molecule has 0 bridgehead atoms. The molecule has 0 aromatic heterocycles. The topological polar surface area (TPSA) is 21.3 Å². The predicted molar refractivity (Wildman–Crippen MR) is 83.2 cm³/mol. The Morgan fingerprint density at radius 2 is 1.89 bits per heavy atom. The Balaban J connectivity index is 2.68. The molecule has 0 spiro atoms. The van der Waals surface area contributed by atoms with Crippen molar-refractivity contribution in [3.05, 3.63) is 29.3 Å². The van der Waals surface area contributed by atoms with Gasteiger partial charge < -0.3 is 10.1 Å². The fourth-order valence-electron chi connectivity index (χ4n) is 2.09. The maximum Gasteiger partial charge on any atom is 0.122 e. The summed E-state index contributed by atoms with van der Waals surface area (Å²) in [4.78, 5) is 0. The van der Waals surface area contributed by atoms with Gasteiger partial charge in [-0.1, -0.05) is 46.2 Å². The second-order valence-corrected chi connectivity index (χ2v) is 6.13. The summed E-state index contributed by atoms with van der Waals surface area (Å²) in [5.41, 5.74) is 2.87. The first kappa shape index (κ1) is 16.0. The lowest BCUT2D eigenvalue weighted by molar-refractivity contribution is 0.408. The number of ether oxygens (including phenoxy) is 1. The molecule has 1 aromatic rings. The Morgan fingerprint density at radius 3 is 2.47 bits per heavy atom. The van der Waals surface area contributed by atoms with E-state index in [9.17, 15) is 0 Å². The lowest BCUT2D eigenvalue weighted by Crippen LogP contribution is -2.19. The number of methoxy groups -OCH3 is 1. The highest BCUT2D eigenvalue weighted by Gasteiger charge is 2.15. The summed E-state index contributed by atoms with van der Waals surface area (Å²) < 4.78 is 5.46. The van der Waals surface area contributed by atoms with Crippen LogP contribution in [0.5, 0.6) is 5.75 Å². The van der Waals surface area contributed by atoms with Crippen LogP contribution in [0.2, 0.25) is 0 Å². The van der Waals surface area contributed by atoms with Crippen molar-refractivity contribution in [3.8, 4) is 5.75 Å². The minimum atomic E-state index is 0.191. The van der Waals surface area contributed by atoms with Gasteiger partial charge in [0.25, 0.3) is 0 Å². The molecule has 1 rings (SSSR count). The Kier molecular flexibility index (Phi) is 6.36. The van der Waals surface area contributed by atoms with Gasteiger partial charge in [-0.25, -0.2) is 0 Å². The highest BCUT2D eigenvalue weighted by atomic mass is 16.5. The van der Waals surface area contributed by atoms with Crippen LogP contribution in [0.25, 0.3) is 0 Å². The van der Waals surface area contributed by atoms with E-state index in [2.05, 4.69) is 51.2 Å². The van der Waals surface area contributed by atoms with Crippen LogP contribution in [0.3, 0.4) is 0 Å². The molecule has 0 radical (unpaired) electrons. The number of hydrogen-bond acceptors (Lipinski definition) is 2. The first-order valence-electron chi connectivity index (χ1n) is 7.37. The van der Waals surface area contributed by atoms with Gasteiger partial charge >= 0.3 is 0 Å². The van der Waals surface area contributed by atoms with Crippen LogP contribution in [0.15, 0.2) is 18.2 Å². The van der Waals surface area contributed by atoms with Crippen molar-refractivity contribution < 1.29 is 4.74 Å². The minimum absolute atomic E-state index is 0.191. The molecule has 0 fully saturated rings. The molecule has 19 heavy (non-hydrogen) atoms. The number of unbranched alkanes of at least 4 members (excludes halogenated alkanes) is 1. The lowest BCUT2D eigenvalue weighted by Gasteiger charge is -2.21. The first-order valence-corrected chi connectivity index (χ1v) is 7.37.